The number of amides is 3. The van der Waals surface area contributed by atoms with E-state index in [1.807, 2.05) is 0 Å². The third-order valence-electron chi connectivity index (χ3n) is 4.83. The second-order valence-corrected chi connectivity index (χ2v) is 6.97. The molecule has 0 aliphatic rings. The number of nitrogens with one attached hydrogen (secondary N) is 2. The molecule has 0 bridgehead atoms. The summed E-state index contributed by atoms with van der Waals surface area (Å²) in [6.45, 7) is 2.99. The van der Waals surface area contributed by atoms with E-state index in [9.17, 15) is 27.6 Å². The summed E-state index contributed by atoms with van der Waals surface area (Å²) < 4.78 is 41.2. The molecule has 0 fully saturated rings. The van der Waals surface area contributed by atoms with Crippen molar-refractivity contribution < 1.29 is 27.6 Å². The van der Waals surface area contributed by atoms with Crippen molar-refractivity contribution in [2.75, 3.05) is 11.9 Å². The standard InChI is InChI=1S/C20H19F3N6O3/c1-9-11(10(2)29-20(27-9)12(7-26-29)19(24)32)3-6-15(30)25-8-16(31)28-14-5-4-13(21)17(22)18(14)23/h4-5,7H,3,6,8H2,1-2H3,(H2,24,32)(H,25,30)(H,28,31). The summed E-state index contributed by atoms with van der Waals surface area (Å²) in [5.74, 6) is -6.55. The molecular formula is C20H19F3N6O3. The van der Waals surface area contributed by atoms with Gasteiger partial charge in [0.25, 0.3) is 5.91 Å². The highest BCUT2D eigenvalue weighted by atomic mass is 19.2. The van der Waals surface area contributed by atoms with Crippen LogP contribution in [0.4, 0.5) is 18.9 Å². The van der Waals surface area contributed by atoms with Crippen LogP contribution in [-0.2, 0) is 16.0 Å². The van der Waals surface area contributed by atoms with Gasteiger partial charge in [0.05, 0.1) is 18.4 Å². The third kappa shape index (κ3) is 4.53. The van der Waals surface area contributed by atoms with E-state index >= 15 is 0 Å². The molecule has 0 spiro atoms. The SMILES string of the molecule is Cc1nc2c(C(N)=O)cnn2c(C)c1CCC(=O)NCC(=O)Nc1ccc(F)c(F)c1F. The molecule has 4 N–H and O–H groups in total. The highest BCUT2D eigenvalue weighted by Gasteiger charge is 2.18. The van der Waals surface area contributed by atoms with E-state index in [2.05, 4.69) is 20.7 Å². The van der Waals surface area contributed by atoms with Gasteiger partial charge in [0, 0.05) is 17.8 Å². The number of aromatic nitrogens is 3. The first-order valence-electron chi connectivity index (χ1n) is 9.43. The average molecular weight is 448 g/mol. The van der Waals surface area contributed by atoms with Crippen LogP contribution in [0.3, 0.4) is 0 Å². The van der Waals surface area contributed by atoms with Gasteiger partial charge in [0.15, 0.2) is 23.1 Å². The zero-order valence-electron chi connectivity index (χ0n) is 17.1. The molecule has 168 valence electrons. The fourth-order valence-electron chi connectivity index (χ4n) is 3.17. The molecule has 0 saturated heterocycles. The zero-order chi connectivity index (χ0) is 23.6. The number of hydrogen-bond donors (Lipinski definition) is 3. The average Bonchev–Trinajstić information content (AvgIpc) is 3.16. The topological polar surface area (TPSA) is 131 Å². The lowest BCUT2D eigenvalue weighted by atomic mass is 10.1. The molecule has 1 aromatic carbocycles. The molecule has 0 unspecified atom stereocenters. The van der Waals surface area contributed by atoms with E-state index in [0.29, 0.717) is 23.1 Å². The highest BCUT2D eigenvalue weighted by molar-refractivity contribution is 5.98. The summed E-state index contributed by atoms with van der Waals surface area (Å²) in [5, 5.41) is 8.54. The van der Waals surface area contributed by atoms with Crippen molar-refractivity contribution >= 4 is 29.1 Å². The molecule has 0 radical (unpaired) electrons. The molecule has 0 aliphatic carbocycles. The number of nitrogens with zero attached hydrogens (tertiary/aromatic N) is 3. The minimum absolute atomic E-state index is 0.00558. The summed E-state index contributed by atoms with van der Waals surface area (Å²) in [6, 6.07) is 1.55. The molecule has 32 heavy (non-hydrogen) atoms. The second-order valence-electron chi connectivity index (χ2n) is 6.97. The number of anilines is 1. The summed E-state index contributed by atoms with van der Waals surface area (Å²) >= 11 is 0. The van der Waals surface area contributed by atoms with E-state index in [1.165, 1.54) is 10.7 Å². The van der Waals surface area contributed by atoms with Gasteiger partial charge in [0.1, 0.15) is 5.56 Å². The first-order chi connectivity index (χ1) is 15.1. The predicted octanol–water partition coefficient (Wildman–Crippen LogP) is 1.55. The Balaban J connectivity index is 1.59. The molecule has 2 heterocycles. The Labute approximate surface area is 179 Å². The van der Waals surface area contributed by atoms with Crippen molar-refractivity contribution in [3.8, 4) is 0 Å². The lowest BCUT2D eigenvalue weighted by molar-refractivity contribution is -0.124. The maximum absolute atomic E-state index is 13.6. The van der Waals surface area contributed by atoms with Crippen LogP contribution in [-0.4, -0.2) is 38.9 Å². The molecule has 3 amide bonds. The van der Waals surface area contributed by atoms with Crippen LogP contribution in [0.15, 0.2) is 18.3 Å². The molecule has 0 saturated carbocycles. The summed E-state index contributed by atoms with van der Waals surface area (Å²) in [5.41, 5.74) is 7.29. The number of nitrogens with two attached hydrogens (primary N) is 1. The van der Waals surface area contributed by atoms with E-state index in [4.69, 9.17) is 5.73 Å². The number of benzene rings is 1. The fraction of sp³-hybridized carbons (Fsp3) is 0.250. The molecule has 12 heteroatoms. The maximum atomic E-state index is 13.6. The number of carbonyl (C=O) groups excluding carboxylic acids is 3. The first-order valence-corrected chi connectivity index (χ1v) is 9.43. The van der Waals surface area contributed by atoms with Gasteiger partial charge in [-0.3, -0.25) is 14.4 Å². The van der Waals surface area contributed by atoms with Crippen molar-refractivity contribution in [2.24, 2.45) is 5.73 Å². The van der Waals surface area contributed by atoms with E-state index in [0.717, 1.165) is 11.6 Å². The van der Waals surface area contributed by atoms with Crippen molar-refractivity contribution in [1.82, 2.24) is 19.9 Å². The molecule has 3 rings (SSSR count). The lowest BCUT2D eigenvalue weighted by Crippen LogP contribution is -2.33. The van der Waals surface area contributed by atoms with Gasteiger partial charge in [-0.15, -0.1) is 0 Å². The summed E-state index contributed by atoms with van der Waals surface area (Å²) in [4.78, 5) is 39.9. The van der Waals surface area contributed by atoms with Crippen LogP contribution >= 0.6 is 0 Å². The monoisotopic (exact) mass is 448 g/mol. The molecule has 0 atom stereocenters. The lowest BCUT2D eigenvalue weighted by Gasteiger charge is -2.12. The maximum Gasteiger partial charge on any atom is 0.254 e. The fourth-order valence-corrected chi connectivity index (χ4v) is 3.17. The number of aryl methyl sites for hydroxylation is 2. The molecule has 9 nitrogen and oxygen atoms in total. The van der Waals surface area contributed by atoms with Gasteiger partial charge in [-0.05, 0) is 38.0 Å². The minimum atomic E-state index is -1.71. The van der Waals surface area contributed by atoms with Gasteiger partial charge >= 0.3 is 0 Å². The number of hydrogen-bond acceptors (Lipinski definition) is 5. The normalized spacial score (nSPS) is 10.9. The Morgan fingerprint density at radius 3 is 2.50 bits per heavy atom. The van der Waals surface area contributed by atoms with Gasteiger partial charge in [0.2, 0.25) is 11.8 Å². The molecule has 0 aliphatic heterocycles. The number of rotatable bonds is 7. The Hall–Kier alpha value is -3.96. The van der Waals surface area contributed by atoms with Crippen LogP contribution in [0, 0.1) is 31.3 Å². The Bertz CT molecular complexity index is 1240. The number of primary amides is 1. The third-order valence-corrected chi connectivity index (χ3v) is 4.83. The van der Waals surface area contributed by atoms with Crippen molar-refractivity contribution in [3.63, 3.8) is 0 Å². The second kappa shape index (κ2) is 9.04. The predicted molar refractivity (Wildman–Crippen MR) is 107 cm³/mol. The van der Waals surface area contributed by atoms with Gasteiger partial charge in [-0.2, -0.15) is 5.10 Å². The van der Waals surface area contributed by atoms with Crippen molar-refractivity contribution in [1.29, 1.82) is 0 Å². The Morgan fingerprint density at radius 2 is 1.81 bits per heavy atom. The van der Waals surface area contributed by atoms with Crippen LogP contribution in [0.5, 0.6) is 0 Å². The Kier molecular flexibility index (Phi) is 6.42. The first kappa shape index (κ1) is 22.7. The minimum Gasteiger partial charge on any atom is -0.365 e. The van der Waals surface area contributed by atoms with Gasteiger partial charge in [-0.1, -0.05) is 0 Å². The van der Waals surface area contributed by atoms with Crippen LogP contribution in [0.1, 0.15) is 33.7 Å². The number of halogens is 3. The van der Waals surface area contributed by atoms with Crippen LogP contribution < -0.4 is 16.4 Å². The van der Waals surface area contributed by atoms with Crippen molar-refractivity contribution in [3.05, 3.63) is 58.3 Å². The molecule has 3 aromatic rings. The number of carbonyl (C=O) groups is 3. The van der Waals surface area contributed by atoms with E-state index in [-0.39, 0.29) is 18.4 Å². The Morgan fingerprint density at radius 1 is 1.09 bits per heavy atom. The summed E-state index contributed by atoms with van der Waals surface area (Å²) in [7, 11) is 0. The highest BCUT2D eigenvalue weighted by Crippen LogP contribution is 2.20. The van der Waals surface area contributed by atoms with Gasteiger partial charge in [-0.25, -0.2) is 22.7 Å². The van der Waals surface area contributed by atoms with E-state index < -0.39 is 47.4 Å². The largest absolute Gasteiger partial charge is 0.365 e. The van der Waals surface area contributed by atoms with Gasteiger partial charge < -0.3 is 16.4 Å². The van der Waals surface area contributed by atoms with Crippen LogP contribution in [0.25, 0.3) is 5.65 Å². The zero-order valence-corrected chi connectivity index (χ0v) is 17.1. The van der Waals surface area contributed by atoms with Crippen LogP contribution in [0.2, 0.25) is 0 Å². The molecule has 2 aromatic heterocycles. The smallest absolute Gasteiger partial charge is 0.254 e. The molecular weight excluding hydrogens is 429 g/mol. The van der Waals surface area contributed by atoms with Crippen molar-refractivity contribution in [2.45, 2.75) is 26.7 Å². The van der Waals surface area contributed by atoms with E-state index in [1.54, 1.807) is 13.8 Å². The summed E-state index contributed by atoms with van der Waals surface area (Å²) in [6.07, 6.45) is 1.60. The quantitative estimate of drug-likeness (QED) is 0.472. The number of fused-ring (bicyclic) bond motifs is 1.